The van der Waals surface area contributed by atoms with E-state index in [-0.39, 0.29) is 5.91 Å². The molecule has 0 spiro atoms. The molecule has 0 radical (unpaired) electrons. The van der Waals surface area contributed by atoms with Gasteiger partial charge in [0.25, 0.3) is 0 Å². The Morgan fingerprint density at radius 1 is 1.37 bits per heavy atom. The maximum atomic E-state index is 12.0. The van der Waals surface area contributed by atoms with Crippen molar-refractivity contribution in [1.29, 1.82) is 0 Å². The number of hydrogen-bond acceptors (Lipinski definition) is 3. The van der Waals surface area contributed by atoms with Crippen LogP contribution in [0.3, 0.4) is 0 Å². The van der Waals surface area contributed by atoms with E-state index < -0.39 is 0 Å². The third-order valence-electron chi connectivity index (χ3n) is 3.57. The molecule has 0 saturated heterocycles. The van der Waals surface area contributed by atoms with Gasteiger partial charge in [-0.05, 0) is 32.1 Å². The molecule has 0 bridgehead atoms. The fraction of sp³-hybridized carbons (Fsp3) is 0.733. The van der Waals surface area contributed by atoms with Crippen molar-refractivity contribution < 1.29 is 4.79 Å². The predicted molar refractivity (Wildman–Crippen MR) is 81.5 cm³/mol. The average molecular weight is 282 g/mol. The SMILES string of the molecule is CC[C@H](C)CC[C@@H](CC)NC(=O)Cc1cnc(C)s1. The van der Waals surface area contributed by atoms with E-state index in [1.54, 1.807) is 17.5 Å². The first-order valence-corrected chi connectivity index (χ1v) is 8.07. The van der Waals surface area contributed by atoms with Crippen LogP contribution in [-0.2, 0) is 11.2 Å². The molecular weight excluding hydrogens is 256 g/mol. The number of hydrogen-bond donors (Lipinski definition) is 1. The highest BCUT2D eigenvalue weighted by molar-refractivity contribution is 7.11. The minimum absolute atomic E-state index is 0.125. The van der Waals surface area contributed by atoms with Crippen molar-refractivity contribution in [1.82, 2.24) is 10.3 Å². The zero-order valence-corrected chi connectivity index (χ0v) is 13.3. The van der Waals surface area contributed by atoms with Crippen molar-refractivity contribution in [3.63, 3.8) is 0 Å². The van der Waals surface area contributed by atoms with Crippen molar-refractivity contribution in [2.24, 2.45) is 5.92 Å². The summed E-state index contributed by atoms with van der Waals surface area (Å²) in [7, 11) is 0. The second kappa shape index (κ2) is 8.31. The summed E-state index contributed by atoms with van der Waals surface area (Å²) in [6.07, 6.45) is 6.76. The van der Waals surface area contributed by atoms with Crippen molar-refractivity contribution in [3.05, 3.63) is 16.1 Å². The fourth-order valence-corrected chi connectivity index (χ4v) is 2.79. The fourth-order valence-electron chi connectivity index (χ4n) is 1.99. The van der Waals surface area contributed by atoms with Gasteiger partial charge in [0.05, 0.1) is 11.4 Å². The Kier molecular flexibility index (Phi) is 7.06. The molecule has 3 nitrogen and oxygen atoms in total. The van der Waals surface area contributed by atoms with Crippen LogP contribution in [0.1, 0.15) is 56.3 Å². The molecule has 0 aliphatic rings. The Balaban J connectivity index is 2.36. The summed E-state index contributed by atoms with van der Waals surface area (Å²) in [5.41, 5.74) is 0. The first-order valence-electron chi connectivity index (χ1n) is 7.25. The first kappa shape index (κ1) is 16.2. The summed E-state index contributed by atoms with van der Waals surface area (Å²) in [6.45, 7) is 8.59. The van der Waals surface area contributed by atoms with Gasteiger partial charge in [-0.1, -0.05) is 27.2 Å². The summed E-state index contributed by atoms with van der Waals surface area (Å²) in [6, 6.07) is 0.315. The monoisotopic (exact) mass is 282 g/mol. The van der Waals surface area contributed by atoms with Gasteiger partial charge in [-0.25, -0.2) is 4.98 Å². The van der Waals surface area contributed by atoms with Crippen LogP contribution >= 0.6 is 11.3 Å². The van der Waals surface area contributed by atoms with Gasteiger partial charge in [0.2, 0.25) is 5.91 Å². The zero-order chi connectivity index (χ0) is 14.3. The summed E-state index contributed by atoms with van der Waals surface area (Å²) >= 11 is 1.60. The highest BCUT2D eigenvalue weighted by Gasteiger charge is 2.13. The van der Waals surface area contributed by atoms with Gasteiger partial charge in [-0.2, -0.15) is 0 Å². The maximum absolute atomic E-state index is 12.0. The molecule has 0 aliphatic carbocycles. The Bertz CT molecular complexity index is 389. The smallest absolute Gasteiger partial charge is 0.225 e. The molecule has 1 amide bonds. The van der Waals surface area contributed by atoms with E-state index in [0.29, 0.717) is 12.5 Å². The van der Waals surface area contributed by atoms with E-state index in [4.69, 9.17) is 0 Å². The topological polar surface area (TPSA) is 42.0 Å². The van der Waals surface area contributed by atoms with Crippen LogP contribution in [0.5, 0.6) is 0 Å². The Morgan fingerprint density at radius 3 is 2.63 bits per heavy atom. The Labute approximate surface area is 120 Å². The lowest BCUT2D eigenvalue weighted by atomic mass is 9.98. The number of thiazole rings is 1. The minimum Gasteiger partial charge on any atom is -0.353 e. The summed E-state index contributed by atoms with van der Waals surface area (Å²) in [5, 5.41) is 4.16. The van der Waals surface area contributed by atoms with Crippen molar-refractivity contribution in [2.45, 2.75) is 65.8 Å². The van der Waals surface area contributed by atoms with Crippen LogP contribution in [0.4, 0.5) is 0 Å². The van der Waals surface area contributed by atoms with Crippen molar-refractivity contribution in [3.8, 4) is 0 Å². The van der Waals surface area contributed by atoms with Crippen LogP contribution in [0.25, 0.3) is 0 Å². The largest absolute Gasteiger partial charge is 0.353 e. The van der Waals surface area contributed by atoms with Crippen LogP contribution < -0.4 is 5.32 Å². The van der Waals surface area contributed by atoms with Crippen LogP contribution in [0, 0.1) is 12.8 Å². The van der Waals surface area contributed by atoms with E-state index in [9.17, 15) is 4.79 Å². The first-order chi connectivity index (χ1) is 9.05. The molecule has 1 aromatic heterocycles. The van der Waals surface area contributed by atoms with E-state index in [1.807, 2.05) is 6.92 Å². The number of nitrogens with one attached hydrogen (secondary N) is 1. The van der Waals surface area contributed by atoms with Gasteiger partial charge >= 0.3 is 0 Å². The van der Waals surface area contributed by atoms with Gasteiger partial charge in [-0.3, -0.25) is 4.79 Å². The molecule has 0 aromatic carbocycles. The van der Waals surface area contributed by atoms with Gasteiger partial charge < -0.3 is 5.32 Å². The number of aromatic nitrogens is 1. The van der Waals surface area contributed by atoms with Gasteiger partial charge in [0.1, 0.15) is 0 Å². The van der Waals surface area contributed by atoms with Crippen molar-refractivity contribution >= 4 is 17.2 Å². The molecule has 2 atom stereocenters. The van der Waals surface area contributed by atoms with E-state index in [2.05, 4.69) is 31.1 Å². The standard InChI is InChI=1S/C15H26N2OS/c1-5-11(3)7-8-13(6-2)17-15(18)9-14-10-16-12(4)19-14/h10-11,13H,5-9H2,1-4H3,(H,17,18)/t11-,13+/m0/s1. The average Bonchev–Trinajstić information content (AvgIpc) is 2.79. The zero-order valence-electron chi connectivity index (χ0n) is 12.5. The third kappa shape index (κ3) is 6.19. The highest BCUT2D eigenvalue weighted by Crippen LogP contribution is 2.14. The van der Waals surface area contributed by atoms with Crippen molar-refractivity contribution in [2.75, 3.05) is 0 Å². The predicted octanol–water partition coefficient (Wildman–Crippen LogP) is 3.72. The van der Waals surface area contributed by atoms with E-state index >= 15 is 0 Å². The molecule has 0 fully saturated rings. The molecule has 0 aliphatic heterocycles. The number of carbonyl (C=O) groups excluding carboxylic acids is 1. The molecule has 1 heterocycles. The molecule has 1 aromatic rings. The number of nitrogens with zero attached hydrogens (tertiary/aromatic N) is 1. The molecule has 4 heteroatoms. The number of rotatable bonds is 8. The molecule has 0 saturated carbocycles. The molecule has 1 N–H and O–H groups in total. The minimum atomic E-state index is 0.125. The van der Waals surface area contributed by atoms with Gasteiger partial charge in [-0.15, -0.1) is 11.3 Å². The number of aryl methyl sites for hydroxylation is 1. The molecule has 19 heavy (non-hydrogen) atoms. The lowest BCUT2D eigenvalue weighted by Crippen LogP contribution is -2.35. The summed E-state index contributed by atoms with van der Waals surface area (Å²) in [4.78, 5) is 17.2. The van der Waals surface area contributed by atoms with Gasteiger partial charge in [0, 0.05) is 17.1 Å². The highest BCUT2D eigenvalue weighted by atomic mass is 32.1. The van der Waals surface area contributed by atoms with Gasteiger partial charge in [0.15, 0.2) is 0 Å². The third-order valence-corrected chi connectivity index (χ3v) is 4.48. The van der Waals surface area contributed by atoms with Crippen LogP contribution in [0.15, 0.2) is 6.20 Å². The second-order valence-corrected chi connectivity index (χ2v) is 6.61. The molecular formula is C15H26N2OS. The normalized spacial score (nSPS) is 14.1. The van der Waals surface area contributed by atoms with E-state index in [1.165, 1.54) is 12.8 Å². The molecule has 1 rings (SSSR count). The second-order valence-electron chi connectivity index (χ2n) is 5.29. The maximum Gasteiger partial charge on any atom is 0.225 e. The number of amides is 1. The lowest BCUT2D eigenvalue weighted by Gasteiger charge is -2.18. The van der Waals surface area contributed by atoms with Crippen LogP contribution in [0.2, 0.25) is 0 Å². The number of carbonyl (C=O) groups is 1. The molecule has 108 valence electrons. The molecule has 0 unspecified atom stereocenters. The summed E-state index contributed by atoms with van der Waals surface area (Å²) in [5.74, 6) is 0.870. The lowest BCUT2D eigenvalue weighted by molar-refractivity contribution is -0.121. The Hall–Kier alpha value is -0.900. The quantitative estimate of drug-likeness (QED) is 0.789. The Morgan fingerprint density at radius 2 is 2.11 bits per heavy atom. The summed E-state index contributed by atoms with van der Waals surface area (Å²) < 4.78 is 0. The van der Waals surface area contributed by atoms with E-state index in [0.717, 1.165) is 28.6 Å². The van der Waals surface area contributed by atoms with Crippen LogP contribution in [-0.4, -0.2) is 16.9 Å².